The molecule has 0 radical (unpaired) electrons. The van der Waals surface area contributed by atoms with Crippen LogP contribution in [0.25, 0.3) is 0 Å². The van der Waals surface area contributed by atoms with Gasteiger partial charge >= 0.3 is 5.97 Å². The molecule has 0 aliphatic carbocycles. The highest BCUT2D eigenvalue weighted by Crippen LogP contribution is 2.31. The van der Waals surface area contributed by atoms with E-state index >= 15 is 0 Å². The van der Waals surface area contributed by atoms with E-state index < -0.39 is 5.97 Å². The van der Waals surface area contributed by atoms with Crippen molar-refractivity contribution in [1.82, 2.24) is 0 Å². The highest BCUT2D eigenvalue weighted by atomic mass is 16.5. The molecule has 0 amide bonds. The van der Waals surface area contributed by atoms with Gasteiger partial charge in [-0.2, -0.15) is 0 Å². The summed E-state index contributed by atoms with van der Waals surface area (Å²) in [6, 6.07) is 3.70. The summed E-state index contributed by atoms with van der Waals surface area (Å²) in [4.78, 5) is 11.9. The summed E-state index contributed by atoms with van der Waals surface area (Å²) in [5, 5.41) is 9.88. The standard InChI is InChI=1S/C15H16O3/c1-3-4-5-6-12-9-11-8-7-10(2)14(16)13(11)15(17)18-12/h3-8,12,16H,9H2,1-2H3. The summed E-state index contributed by atoms with van der Waals surface area (Å²) < 4.78 is 5.28. The molecule has 3 heteroatoms. The maximum Gasteiger partial charge on any atom is 0.342 e. The maximum absolute atomic E-state index is 11.9. The minimum absolute atomic E-state index is 0.0355. The van der Waals surface area contributed by atoms with Crippen molar-refractivity contribution in [2.75, 3.05) is 0 Å². The van der Waals surface area contributed by atoms with E-state index in [9.17, 15) is 9.90 Å². The summed E-state index contributed by atoms with van der Waals surface area (Å²) in [6.07, 6.45) is 7.83. The third kappa shape index (κ3) is 2.30. The maximum atomic E-state index is 11.9. The van der Waals surface area contributed by atoms with Crippen LogP contribution in [0.1, 0.15) is 28.4 Å². The number of fused-ring (bicyclic) bond motifs is 1. The molecule has 0 bridgehead atoms. The van der Waals surface area contributed by atoms with Crippen molar-refractivity contribution < 1.29 is 14.6 Å². The van der Waals surface area contributed by atoms with E-state index in [1.165, 1.54) is 0 Å². The first-order valence-electron chi connectivity index (χ1n) is 5.95. The normalized spacial score (nSPS) is 19.2. The van der Waals surface area contributed by atoms with E-state index in [2.05, 4.69) is 0 Å². The lowest BCUT2D eigenvalue weighted by Crippen LogP contribution is -2.26. The summed E-state index contributed by atoms with van der Waals surface area (Å²) in [7, 11) is 0. The number of esters is 1. The van der Waals surface area contributed by atoms with Gasteiger partial charge in [-0.15, -0.1) is 0 Å². The van der Waals surface area contributed by atoms with Crippen LogP contribution < -0.4 is 0 Å². The van der Waals surface area contributed by atoms with Gasteiger partial charge in [0.05, 0.1) is 0 Å². The van der Waals surface area contributed by atoms with Crippen LogP contribution in [0.15, 0.2) is 36.4 Å². The average molecular weight is 244 g/mol. The van der Waals surface area contributed by atoms with Gasteiger partial charge in [-0.25, -0.2) is 4.79 Å². The van der Waals surface area contributed by atoms with Gasteiger partial charge < -0.3 is 9.84 Å². The largest absolute Gasteiger partial charge is 0.507 e. The highest BCUT2D eigenvalue weighted by Gasteiger charge is 2.28. The number of carbonyl (C=O) groups is 1. The first kappa shape index (κ1) is 12.4. The number of phenols is 1. The molecule has 1 unspecified atom stereocenters. The number of phenolic OH excluding ortho intramolecular Hbond substituents is 1. The molecule has 1 heterocycles. The molecule has 2 rings (SSSR count). The van der Waals surface area contributed by atoms with E-state index in [4.69, 9.17) is 4.74 Å². The van der Waals surface area contributed by atoms with Crippen LogP contribution in [0.3, 0.4) is 0 Å². The lowest BCUT2D eigenvalue weighted by molar-refractivity contribution is 0.0353. The fraction of sp³-hybridized carbons (Fsp3) is 0.267. The predicted octanol–water partition coefficient (Wildman–Crippen LogP) is 2.91. The van der Waals surface area contributed by atoms with Gasteiger partial charge in [-0.05, 0) is 31.1 Å². The SMILES string of the molecule is CC=CC=CC1Cc2ccc(C)c(O)c2C(=O)O1. The fourth-order valence-corrected chi connectivity index (χ4v) is 2.00. The third-order valence-electron chi connectivity index (χ3n) is 2.98. The smallest absolute Gasteiger partial charge is 0.342 e. The lowest BCUT2D eigenvalue weighted by atomic mass is 9.95. The number of hydrogen-bond acceptors (Lipinski definition) is 3. The van der Waals surface area contributed by atoms with Crippen LogP contribution in [-0.2, 0) is 11.2 Å². The Balaban J connectivity index is 2.30. The molecule has 0 spiro atoms. The zero-order valence-electron chi connectivity index (χ0n) is 10.5. The molecule has 1 atom stereocenters. The highest BCUT2D eigenvalue weighted by molar-refractivity contribution is 5.95. The molecule has 1 aliphatic rings. The molecule has 0 saturated carbocycles. The van der Waals surface area contributed by atoms with Gasteiger partial charge in [-0.1, -0.05) is 30.4 Å². The quantitative estimate of drug-likeness (QED) is 0.642. The zero-order valence-corrected chi connectivity index (χ0v) is 10.5. The number of allylic oxidation sites excluding steroid dienone is 3. The van der Waals surface area contributed by atoms with Crippen LogP contribution in [0, 0.1) is 6.92 Å². The van der Waals surface area contributed by atoms with Crippen molar-refractivity contribution in [2.24, 2.45) is 0 Å². The molecule has 1 aromatic rings. The number of hydrogen-bond donors (Lipinski definition) is 1. The predicted molar refractivity (Wildman–Crippen MR) is 69.7 cm³/mol. The summed E-state index contributed by atoms with van der Waals surface area (Å²) in [5.41, 5.74) is 1.84. The van der Waals surface area contributed by atoms with Crippen molar-refractivity contribution in [3.05, 3.63) is 53.1 Å². The summed E-state index contributed by atoms with van der Waals surface area (Å²) in [5.74, 6) is -0.416. The van der Waals surface area contributed by atoms with Crippen molar-refractivity contribution in [1.29, 1.82) is 0 Å². The Morgan fingerprint density at radius 2 is 2.17 bits per heavy atom. The average Bonchev–Trinajstić information content (AvgIpc) is 2.34. The Morgan fingerprint density at radius 3 is 2.89 bits per heavy atom. The minimum atomic E-state index is -0.451. The molecule has 0 aromatic heterocycles. The second-order valence-electron chi connectivity index (χ2n) is 4.32. The van der Waals surface area contributed by atoms with Crippen LogP contribution in [0.2, 0.25) is 0 Å². The second kappa shape index (κ2) is 5.08. The number of ether oxygens (including phenoxy) is 1. The number of aromatic hydroxyl groups is 1. The van der Waals surface area contributed by atoms with Gasteiger partial charge in [0.15, 0.2) is 0 Å². The molecule has 1 aromatic carbocycles. The molecule has 94 valence electrons. The van der Waals surface area contributed by atoms with E-state index in [1.807, 2.05) is 43.4 Å². The van der Waals surface area contributed by atoms with E-state index in [0.717, 1.165) is 5.56 Å². The molecular formula is C15H16O3. The molecule has 3 nitrogen and oxygen atoms in total. The summed E-state index contributed by atoms with van der Waals surface area (Å²) in [6.45, 7) is 3.69. The number of carbonyl (C=O) groups excluding carboxylic acids is 1. The third-order valence-corrected chi connectivity index (χ3v) is 2.98. The van der Waals surface area contributed by atoms with Gasteiger partial charge in [0, 0.05) is 6.42 Å². The van der Waals surface area contributed by atoms with Crippen LogP contribution in [0.4, 0.5) is 0 Å². The number of aryl methyl sites for hydroxylation is 1. The fourth-order valence-electron chi connectivity index (χ4n) is 2.00. The lowest BCUT2D eigenvalue weighted by Gasteiger charge is -2.23. The number of cyclic esters (lactones) is 1. The number of rotatable bonds is 2. The molecule has 1 N–H and O–H groups in total. The van der Waals surface area contributed by atoms with E-state index in [0.29, 0.717) is 17.5 Å². The van der Waals surface area contributed by atoms with Gasteiger partial charge in [-0.3, -0.25) is 0 Å². The Hall–Kier alpha value is -2.03. The van der Waals surface area contributed by atoms with Crippen LogP contribution >= 0.6 is 0 Å². The first-order chi connectivity index (χ1) is 8.63. The van der Waals surface area contributed by atoms with E-state index in [1.54, 1.807) is 6.92 Å². The minimum Gasteiger partial charge on any atom is -0.507 e. The van der Waals surface area contributed by atoms with Crippen molar-refractivity contribution in [3.63, 3.8) is 0 Å². The van der Waals surface area contributed by atoms with Crippen LogP contribution in [-0.4, -0.2) is 17.2 Å². The van der Waals surface area contributed by atoms with Gasteiger partial charge in [0.1, 0.15) is 17.4 Å². The topological polar surface area (TPSA) is 46.5 Å². The number of benzene rings is 1. The van der Waals surface area contributed by atoms with Gasteiger partial charge in [0.25, 0.3) is 0 Å². The summed E-state index contributed by atoms with van der Waals surface area (Å²) >= 11 is 0. The molecular weight excluding hydrogens is 228 g/mol. The first-order valence-corrected chi connectivity index (χ1v) is 5.95. The molecule has 0 saturated heterocycles. The molecule has 0 fully saturated rings. The van der Waals surface area contributed by atoms with Crippen molar-refractivity contribution in [2.45, 2.75) is 26.4 Å². The Kier molecular flexibility index (Phi) is 3.51. The second-order valence-corrected chi connectivity index (χ2v) is 4.32. The molecule has 18 heavy (non-hydrogen) atoms. The zero-order chi connectivity index (χ0) is 13.1. The van der Waals surface area contributed by atoms with Crippen molar-refractivity contribution >= 4 is 5.97 Å². The Bertz CT molecular complexity index is 527. The van der Waals surface area contributed by atoms with Crippen molar-refractivity contribution in [3.8, 4) is 5.75 Å². The van der Waals surface area contributed by atoms with E-state index in [-0.39, 0.29) is 11.9 Å². The molecule has 1 aliphatic heterocycles. The Labute approximate surface area is 106 Å². The Morgan fingerprint density at radius 1 is 1.39 bits per heavy atom. The monoisotopic (exact) mass is 244 g/mol. The van der Waals surface area contributed by atoms with Gasteiger partial charge in [0.2, 0.25) is 0 Å². The van der Waals surface area contributed by atoms with Crippen LogP contribution in [0.5, 0.6) is 5.75 Å².